The second-order valence-corrected chi connectivity index (χ2v) is 5.50. The van der Waals surface area contributed by atoms with Crippen LogP contribution in [0, 0.1) is 10.1 Å². The number of likely N-dealkylation sites (N-methyl/N-ethyl adjacent to an activating group) is 1. The number of nitrogens with one attached hydrogen (secondary N) is 1. The van der Waals surface area contributed by atoms with Gasteiger partial charge >= 0.3 is 0 Å². The van der Waals surface area contributed by atoms with Crippen molar-refractivity contribution in [2.45, 2.75) is 6.04 Å². The Kier molecular flexibility index (Phi) is 6.03. The summed E-state index contributed by atoms with van der Waals surface area (Å²) in [6.07, 6.45) is 0. The van der Waals surface area contributed by atoms with Crippen LogP contribution in [-0.2, 0) is 4.79 Å². The molecule has 8 heteroatoms. The summed E-state index contributed by atoms with van der Waals surface area (Å²) in [6.45, 7) is 2.70. The van der Waals surface area contributed by atoms with Gasteiger partial charge in [0.2, 0.25) is 5.91 Å². The van der Waals surface area contributed by atoms with Crippen molar-refractivity contribution in [3.05, 3.63) is 39.9 Å². The zero-order valence-corrected chi connectivity index (χ0v) is 13.1. The van der Waals surface area contributed by atoms with Crippen LogP contribution in [0.25, 0.3) is 0 Å². The van der Waals surface area contributed by atoms with E-state index in [2.05, 4.69) is 5.32 Å². The van der Waals surface area contributed by atoms with Gasteiger partial charge in [-0.1, -0.05) is 18.2 Å². The number of amides is 1. The Morgan fingerprint density at radius 1 is 1.43 bits per heavy atom. The summed E-state index contributed by atoms with van der Waals surface area (Å²) >= 11 is 0. The summed E-state index contributed by atoms with van der Waals surface area (Å²) in [4.78, 5) is 27.2. The van der Waals surface area contributed by atoms with Crippen LogP contribution in [0.2, 0.25) is 0 Å². The number of para-hydroxylation sites is 1. The third-order valence-electron chi connectivity index (χ3n) is 3.98. The summed E-state index contributed by atoms with van der Waals surface area (Å²) in [5.41, 5.74) is 0.280. The number of benzene rings is 1. The lowest BCUT2D eigenvalue weighted by Crippen LogP contribution is -2.50. The molecule has 2 N–H and O–H groups in total. The predicted molar refractivity (Wildman–Crippen MR) is 85.0 cm³/mol. The standard InChI is InChI=1S/C15H22N4O4/c1-17(10-11-20)14(15(21)18-8-6-16-7-9-18)12-4-2-3-5-13(12)19(22)23/h2-5,14,16,20H,6-11H2,1H3. The summed E-state index contributed by atoms with van der Waals surface area (Å²) in [5.74, 6) is -0.170. The smallest absolute Gasteiger partial charge is 0.274 e. The molecule has 1 amide bonds. The third kappa shape index (κ3) is 4.04. The van der Waals surface area contributed by atoms with Gasteiger partial charge in [-0.05, 0) is 7.05 Å². The van der Waals surface area contributed by atoms with Crippen molar-refractivity contribution in [1.82, 2.24) is 15.1 Å². The first-order chi connectivity index (χ1) is 11.1. The molecule has 0 spiro atoms. The molecule has 0 saturated carbocycles. The van der Waals surface area contributed by atoms with Crippen LogP contribution in [0.3, 0.4) is 0 Å². The predicted octanol–water partition coefficient (Wildman–Crippen LogP) is -0.00820. The monoisotopic (exact) mass is 322 g/mol. The molecule has 126 valence electrons. The minimum Gasteiger partial charge on any atom is -0.395 e. The van der Waals surface area contributed by atoms with Crippen molar-refractivity contribution in [2.24, 2.45) is 0 Å². The number of nitro benzene ring substituents is 1. The Hall–Kier alpha value is -2.03. The highest BCUT2D eigenvalue weighted by Gasteiger charge is 2.34. The maximum Gasteiger partial charge on any atom is 0.274 e. The lowest BCUT2D eigenvalue weighted by Gasteiger charge is -2.34. The first-order valence-electron chi connectivity index (χ1n) is 7.60. The van der Waals surface area contributed by atoms with Gasteiger partial charge in [-0.3, -0.25) is 19.8 Å². The molecule has 0 aromatic heterocycles. The van der Waals surface area contributed by atoms with Crippen LogP contribution in [0.4, 0.5) is 5.69 Å². The van der Waals surface area contributed by atoms with Crippen molar-refractivity contribution >= 4 is 11.6 Å². The Balaban J connectivity index is 2.38. The van der Waals surface area contributed by atoms with Gasteiger partial charge in [-0.15, -0.1) is 0 Å². The Bertz CT molecular complexity index is 560. The Labute approximate surface area is 134 Å². The molecule has 1 atom stereocenters. The van der Waals surface area contributed by atoms with E-state index in [1.54, 1.807) is 35.0 Å². The van der Waals surface area contributed by atoms with Gasteiger partial charge in [0.15, 0.2) is 0 Å². The van der Waals surface area contributed by atoms with Gasteiger partial charge in [0.25, 0.3) is 5.69 Å². The second kappa shape index (κ2) is 8.00. The fraction of sp³-hybridized carbons (Fsp3) is 0.533. The average molecular weight is 322 g/mol. The molecule has 1 aromatic carbocycles. The summed E-state index contributed by atoms with van der Waals surface area (Å²) in [6, 6.07) is 5.51. The van der Waals surface area contributed by atoms with E-state index in [1.165, 1.54) is 6.07 Å². The highest BCUT2D eigenvalue weighted by molar-refractivity contribution is 5.84. The van der Waals surface area contributed by atoms with E-state index in [1.807, 2.05) is 0 Å². The van der Waals surface area contributed by atoms with E-state index in [4.69, 9.17) is 0 Å². The molecular formula is C15H22N4O4. The van der Waals surface area contributed by atoms with Crippen LogP contribution in [-0.4, -0.2) is 72.1 Å². The maximum atomic E-state index is 12.9. The lowest BCUT2D eigenvalue weighted by atomic mass is 10.0. The molecule has 1 unspecified atom stereocenters. The van der Waals surface area contributed by atoms with E-state index < -0.39 is 11.0 Å². The van der Waals surface area contributed by atoms with Crippen LogP contribution < -0.4 is 5.32 Å². The maximum absolute atomic E-state index is 12.9. The minimum absolute atomic E-state index is 0.0780. The number of rotatable bonds is 6. The van der Waals surface area contributed by atoms with E-state index in [9.17, 15) is 20.0 Å². The molecule has 1 saturated heterocycles. The molecule has 1 heterocycles. The van der Waals surface area contributed by atoms with Gasteiger partial charge in [-0.2, -0.15) is 0 Å². The van der Waals surface area contributed by atoms with Gasteiger partial charge in [0.1, 0.15) is 6.04 Å². The molecule has 1 aromatic rings. The number of hydrogen-bond donors (Lipinski definition) is 2. The van der Waals surface area contributed by atoms with E-state index in [0.717, 1.165) is 0 Å². The van der Waals surface area contributed by atoms with Crippen LogP contribution in [0.15, 0.2) is 24.3 Å². The molecule has 1 aliphatic rings. The first kappa shape index (κ1) is 17.3. The summed E-state index contributed by atoms with van der Waals surface area (Å²) in [7, 11) is 1.69. The Morgan fingerprint density at radius 3 is 2.70 bits per heavy atom. The van der Waals surface area contributed by atoms with Gasteiger partial charge in [0.05, 0.1) is 17.1 Å². The topological polar surface area (TPSA) is 99.0 Å². The molecule has 8 nitrogen and oxygen atoms in total. The fourth-order valence-electron chi connectivity index (χ4n) is 2.79. The number of aliphatic hydroxyl groups excluding tert-OH is 1. The number of hydrogen-bond acceptors (Lipinski definition) is 6. The quantitative estimate of drug-likeness (QED) is 0.565. The number of aliphatic hydroxyl groups is 1. The van der Waals surface area contributed by atoms with Crippen LogP contribution in [0.5, 0.6) is 0 Å². The van der Waals surface area contributed by atoms with Gasteiger partial charge in [-0.25, -0.2) is 0 Å². The molecule has 0 aliphatic carbocycles. The van der Waals surface area contributed by atoms with Crippen LogP contribution in [0.1, 0.15) is 11.6 Å². The molecule has 1 aliphatic heterocycles. The van der Waals surface area contributed by atoms with Gasteiger partial charge in [0, 0.05) is 38.8 Å². The molecule has 0 radical (unpaired) electrons. The average Bonchev–Trinajstić information content (AvgIpc) is 2.56. The number of piperazine rings is 1. The molecular weight excluding hydrogens is 300 g/mol. The molecule has 2 rings (SSSR count). The lowest BCUT2D eigenvalue weighted by molar-refractivity contribution is -0.385. The number of carbonyl (C=O) groups excluding carboxylic acids is 1. The molecule has 1 fully saturated rings. The normalized spacial score (nSPS) is 16.4. The minimum atomic E-state index is -0.776. The first-order valence-corrected chi connectivity index (χ1v) is 7.60. The van der Waals surface area contributed by atoms with Crippen molar-refractivity contribution < 1.29 is 14.8 Å². The zero-order valence-electron chi connectivity index (χ0n) is 13.1. The summed E-state index contributed by atoms with van der Waals surface area (Å²) in [5, 5.41) is 23.7. The van der Waals surface area contributed by atoms with Crippen LogP contribution >= 0.6 is 0 Å². The highest BCUT2D eigenvalue weighted by Crippen LogP contribution is 2.30. The molecule has 23 heavy (non-hydrogen) atoms. The van der Waals surface area contributed by atoms with E-state index in [-0.39, 0.29) is 24.7 Å². The second-order valence-electron chi connectivity index (χ2n) is 5.50. The zero-order chi connectivity index (χ0) is 16.8. The van der Waals surface area contributed by atoms with Crippen molar-refractivity contribution in [3.63, 3.8) is 0 Å². The number of nitrogens with zero attached hydrogens (tertiary/aromatic N) is 3. The fourth-order valence-corrected chi connectivity index (χ4v) is 2.79. The number of nitro groups is 1. The summed E-state index contributed by atoms with van der Waals surface area (Å²) < 4.78 is 0. The number of carbonyl (C=O) groups is 1. The Morgan fingerprint density at radius 2 is 2.09 bits per heavy atom. The van der Waals surface area contributed by atoms with Crippen molar-refractivity contribution in [1.29, 1.82) is 0 Å². The third-order valence-corrected chi connectivity index (χ3v) is 3.98. The largest absolute Gasteiger partial charge is 0.395 e. The SMILES string of the molecule is CN(CCO)C(C(=O)N1CCNCC1)c1ccccc1[N+](=O)[O-]. The van der Waals surface area contributed by atoms with E-state index >= 15 is 0 Å². The molecule has 0 bridgehead atoms. The van der Waals surface area contributed by atoms with Crippen molar-refractivity contribution in [2.75, 3.05) is 46.4 Å². The highest BCUT2D eigenvalue weighted by atomic mass is 16.6. The van der Waals surface area contributed by atoms with Gasteiger partial charge < -0.3 is 15.3 Å². The van der Waals surface area contributed by atoms with Crippen molar-refractivity contribution in [3.8, 4) is 0 Å². The van der Waals surface area contributed by atoms with E-state index in [0.29, 0.717) is 31.7 Å².